The van der Waals surface area contributed by atoms with Crippen molar-refractivity contribution in [2.45, 2.75) is 37.2 Å². The molecule has 1 rings (SSSR count). The van der Waals surface area contributed by atoms with E-state index in [0.717, 1.165) is 28.8 Å². The van der Waals surface area contributed by atoms with Crippen molar-refractivity contribution in [2.75, 3.05) is 6.61 Å². The maximum Gasteiger partial charge on any atom is 0.261 e. The lowest BCUT2D eigenvalue weighted by Crippen LogP contribution is -2.44. The second-order valence-corrected chi connectivity index (χ2v) is 4.73. The minimum Gasteiger partial charge on any atom is -0.392 e. The highest BCUT2D eigenvalue weighted by atomic mass is 27.0. The molecule has 0 aromatic heterocycles. The molecule has 2 N–H and O–H groups in total. The van der Waals surface area contributed by atoms with Gasteiger partial charge < -0.3 is 10.5 Å². The van der Waals surface area contributed by atoms with Gasteiger partial charge in [0.1, 0.15) is 0 Å². The molecule has 1 heterocycles. The van der Waals surface area contributed by atoms with E-state index in [4.69, 9.17) is 10.5 Å². The third-order valence-electron chi connectivity index (χ3n) is 2.50. The van der Waals surface area contributed by atoms with Gasteiger partial charge >= 0.3 is 0 Å². The molecule has 1 fully saturated rings. The smallest absolute Gasteiger partial charge is 0.261 e. The molecule has 2 nitrogen and oxygen atoms in total. The van der Waals surface area contributed by atoms with Crippen LogP contribution in [0.5, 0.6) is 0 Å². The molecule has 0 amide bonds. The number of rotatable bonds is 2. The first-order valence-corrected chi connectivity index (χ1v) is 5.76. The van der Waals surface area contributed by atoms with Gasteiger partial charge in [-0.3, -0.25) is 0 Å². The number of nitrogens with two attached hydrogens (primary N) is 1. The molecule has 0 spiro atoms. The molecule has 1 aliphatic heterocycles. The molecule has 3 heteroatoms. The fourth-order valence-electron chi connectivity index (χ4n) is 1.67. The van der Waals surface area contributed by atoms with Crippen molar-refractivity contribution in [3.63, 3.8) is 0 Å². The molecule has 64 valence electrons. The third-order valence-corrected chi connectivity index (χ3v) is 3.69. The molecule has 0 radical (unpaired) electrons. The van der Waals surface area contributed by atoms with Crippen molar-refractivity contribution in [3.05, 3.63) is 0 Å². The Balaban J connectivity index is 2.28. The van der Waals surface area contributed by atoms with E-state index in [2.05, 4.69) is 6.92 Å². The fraction of sp³-hybridized carbons (Fsp3) is 1.00. The van der Waals surface area contributed by atoms with Crippen molar-refractivity contribution in [1.29, 1.82) is 0 Å². The first kappa shape index (κ1) is 9.54. The number of hydrogen-bond donors (Lipinski definition) is 1. The van der Waals surface area contributed by atoms with E-state index in [9.17, 15) is 0 Å². The molecule has 3 unspecified atom stereocenters. The molecule has 0 aliphatic carbocycles. The zero-order chi connectivity index (χ0) is 8.27. The van der Waals surface area contributed by atoms with Crippen LogP contribution in [0, 0.1) is 5.92 Å². The van der Waals surface area contributed by atoms with E-state index < -0.39 is 0 Å². The van der Waals surface area contributed by atoms with Gasteiger partial charge in [-0.05, 0) is 18.8 Å². The lowest BCUT2D eigenvalue weighted by Gasteiger charge is -2.32. The lowest BCUT2D eigenvalue weighted by atomic mass is 9.95. The number of ether oxygens (including phenoxy) is 1. The molecule has 3 atom stereocenters. The summed E-state index contributed by atoms with van der Waals surface area (Å²) in [4.78, 5) is 0.406. The molecule has 0 saturated carbocycles. The molecular weight excluding hydrogens is 153 g/mol. The van der Waals surface area contributed by atoms with Crippen LogP contribution in [0.25, 0.3) is 0 Å². The van der Waals surface area contributed by atoms with Gasteiger partial charge in [-0.25, -0.2) is 0 Å². The Morgan fingerprint density at radius 1 is 1.64 bits per heavy atom. The van der Waals surface area contributed by atoms with Crippen LogP contribution in [0.4, 0.5) is 0 Å². The molecule has 11 heavy (non-hydrogen) atoms. The second kappa shape index (κ2) is 4.47. The fourth-order valence-corrected chi connectivity index (χ4v) is 2.13. The minimum absolute atomic E-state index is 0.326. The lowest BCUT2D eigenvalue weighted by molar-refractivity contribution is 0.0125. The van der Waals surface area contributed by atoms with Crippen molar-refractivity contribution in [3.8, 4) is 0 Å². The summed E-state index contributed by atoms with van der Waals surface area (Å²) in [5.41, 5.74) is 5.91. The summed E-state index contributed by atoms with van der Waals surface area (Å²) in [6.45, 7) is 3.17. The molecule has 1 saturated heterocycles. The maximum absolute atomic E-state index is 5.91. The topological polar surface area (TPSA) is 35.2 Å². The first-order valence-electron chi connectivity index (χ1n) is 4.61. The largest absolute Gasteiger partial charge is 0.392 e. The van der Waals surface area contributed by atoms with Gasteiger partial charge in [-0.1, -0.05) is 13.3 Å². The van der Waals surface area contributed by atoms with E-state index in [1.54, 1.807) is 0 Å². The monoisotopic (exact) mass is 171 g/mol. The van der Waals surface area contributed by atoms with Crippen LogP contribution < -0.4 is 5.73 Å². The van der Waals surface area contributed by atoms with Crippen molar-refractivity contribution in [2.24, 2.45) is 11.7 Å². The third kappa shape index (κ3) is 2.76. The molecule has 1 aliphatic rings. The Hall–Kier alpha value is 0.452. The predicted molar refractivity (Wildman–Crippen MR) is 49.3 cm³/mol. The summed E-state index contributed by atoms with van der Waals surface area (Å²) in [6, 6.07) is 0.326. The van der Waals surface area contributed by atoms with Crippen LogP contribution in [-0.4, -0.2) is 33.9 Å². The highest BCUT2D eigenvalue weighted by molar-refractivity contribution is 6.11. The Morgan fingerprint density at radius 2 is 2.36 bits per heavy atom. The van der Waals surface area contributed by atoms with E-state index in [1.165, 1.54) is 19.3 Å². The predicted octanol–water partition coefficient (Wildman–Crippen LogP) is 0.109. The van der Waals surface area contributed by atoms with E-state index in [-0.39, 0.29) is 0 Å². The van der Waals surface area contributed by atoms with Crippen LogP contribution >= 0.6 is 0 Å². The second-order valence-electron chi connectivity index (χ2n) is 3.59. The van der Waals surface area contributed by atoms with Crippen LogP contribution in [0.1, 0.15) is 26.2 Å². The Morgan fingerprint density at radius 3 is 2.91 bits per heavy atom. The Labute approximate surface area is 76.9 Å². The van der Waals surface area contributed by atoms with Gasteiger partial charge in [0.05, 0.1) is 0 Å². The maximum atomic E-state index is 5.91. The molecule has 0 aromatic rings. The Bertz CT molecular complexity index is 121. The highest BCUT2D eigenvalue weighted by Gasteiger charge is 2.24. The number of hydrogen-bond acceptors (Lipinski definition) is 2. The SMILES string of the molecule is CCCC1CO[CH]([AlH2])C(N)C1. The molecule has 0 bridgehead atoms. The molecule has 0 aromatic carbocycles. The summed E-state index contributed by atoms with van der Waals surface area (Å²) in [5, 5.41) is 0. The highest BCUT2D eigenvalue weighted by Crippen LogP contribution is 2.20. The molecular formula is C8H18AlNO. The average Bonchev–Trinajstić information content (AvgIpc) is 1.98. The quantitative estimate of drug-likeness (QED) is 0.598. The summed E-state index contributed by atoms with van der Waals surface area (Å²) < 4.78 is 5.59. The van der Waals surface area contributed by atoms with Gasteiger partial charge in [0.15, 0.2) is 0 Å². The summed E-state index contributed by atoms with van der Waals surface area (Å²) in [5.74, 6) is 0.736. The minimum atomic E-state index is 0.326. The Kier molecular flexibility index (Phi) is 3.88. The normalized spacial score (nSPS) is 38.9. The van der Waals surface area contributed by atoms with Crippen molar-refractivity contribution < 1.29 is 4.74 Å². The van der Waals surface area contributed by atoms with Gasteiger partial charge in [0.25, 0.3) is 16.3 Å². The van der Waals surface area contributed by atoms with Gasteiger partial charge in [-0.15, -0.1) is 0 Å². The van der Waals surface area contributed by atoms with Crippen molar-refractivity contribution >= 4 is 16.3 Å². The zero-order valence-corrected chi connectivity index (χ0v) is 9.55. The average molecular weight is 171 g/mol. The van der Waals surface area contributed by atoms with Crippen LogP contribution in [0.3, 0.4) is 0 Å². The van der Waals surface area contributed by atoms with E-state index in [0.29, 0.717) is 11.0 Å². The van der Waals surface area contributed by atoms with Crippen LogP contribution in [0.2, 0.25) is 0 Å². The summed E-state index contributed by atoms with van der Waals surface area (Å²) in [7, 11) is 0. The van der Waals surface area contributed by atoms with Crippen molar-refractivity contribution in [1.82, 2.24) is 0 Å². The summed E-state index contributed by atoms with van der Waals surface area (Å²) >= 11 is 1.08. The van der Waals surface area contributed by atoms with Crippen LogP contribution in [0.15, 0.2) is 0 Å². The van der Waals surface area contributed by atoms with Gasteiger partial charge in [0.2, 0.25) is 0 Å². The zero-order valence-electron chi connectivity index (χ0n) is 7.55. The summed E-state index contributed by atoms with van der Waals surface area (Å²) in [6.07, 6.45) is 3.72. The van der Waals surface area contributed by atoms with E-state index >= 15 is 0 Å². The van der Waals surface area contributed by atoms with Gasteiger partial charge in [0, 0.05) is 17.6 Å². The standard InChI is InChI=1S/C8H16NO.Al.2H/c1-2-3-7-4-8(9)6-10-5-7;;;/h6-8H,2-5,9H2,1H3;;;. The van der Waals surface area contributed by atoms with Gasteiger partial charge in [-0.2, -0.15) is 0 Å². The van der Waals surface area contributed by atoms with Crippen LogP contribution in [-0.2, 0) is 4.74 Å². The first-order chi connectivity index (χ1) is 5.24. The van der Waals surface area contributed by atoms with E-state index in [1.807, 2.05) is 0 Å².